The molecule has 0 fully saturated rings. The molecule has 0 bridgehead atoms. The predicted octanol–water partition coefficient (Wildman–Crippen LogP) is 3.40. The summed E-state index contributed by atoms with van der Waals surface area (Å²) in [6, 6.07) is 0. The summed E-state index contributed by atoms with van der Waals surface area (Å²) in [5.41, 5.74) is -0.257. The van der Waals surface area contributed by atoms with Crippen LogP contribution >= 0.6 is 0 Å². The van der Waals surface area contributed by atoms with Gasteiger partial charge in [0.25, 0.3) is 0 Å². The molecule has 0 radical (unpaired) electrons. The molecule has 3 heteroatoms. The number of carbonyl (C=O) groups excluding carboxylic acids is 2. The average molecular weight is 256 g/mol. The smallest absolute Gasteiger partial charge is 0.138 e. The third-order valence-electron chi connectivity index (χ3n) is 2.69. The first-order valence-corrected chi connectivity index (χ1v) is 6.86. The molecular formula is C15H28O3. The van der Waals surface area contributed by atoms with Crippen molar-refractivity contribution in [2.75, 3.05) is 13.2 Å². The Labute approximate surface area is 111 Å². The highest BCUT2D eigenvalue weighted by molar-refractivity contribution is 5.83. The maximum Gasteiger partial charge on any atom is 0.138 e. The van der Waals surface area contributed by atoms with Gasteiger partial charge in [-0.3, -0.25) is 9.59 Å². The van der Waals surface area contributed by atoms with Gasteiger partial charge >= 0.3 is 0 Å². The van der Waals surface area contributed by atoms with Crippen LogP contribution in [0.25, 0.3) is 0 Å². The molecule has 0 aromatic carbocycles. The van der Waals surface area contributed by atoms with Gasteiger partial charge in [-0.05, 0) is 12.3 Å². The van der Waals surface area contributed by atoms with Gasteiger partial charge in [-0.25, -0.2) is 0 Å². The molecule has 0 amide bonds. The number of rotatable bonds is 9. The maximum absolute atomic E-state index is 11.6. The van der Waals surface area contributed by atoms with Crippen molar-refractivity contribution in [3.05, 3.63) is 0 Å². The molecular weight excluding hydrogens is 228 g/mol. The number of hydrogen-bond donors (Lipinski definition) is 0. The molecule has 106 valence electrons. The fourth-order valence-corrected chi connectivity index (χ4v) is 1.56. The first kappa shape index (κ1) is 17.3. The second kappa shape index (κ2) is 8.41. The molecule has 0 heterocycles. The van der Waals surface area contributed by atoms with Gasteiger partial charge in [-0.15, -0.1) is 0 Å². The Morgan fingerprint density at radius 1 is 1.06 bits per heavy atom. The molecule has 0 aliphatic carbocycles. The summed E-state index contributed by atoms with van der Waals surface area (Å²) in [7, 11) is 0. The summed E-state index contributed by atoms with van der Waals surface area (Å²) < 4.78 is 5.38. The van der Waals surface area contributed by atoms with Crippen LogP contribution in [0.5, 0.6) is 0 Å². The molecule has 0 spiro atoms. The van der Waals surface area contributed by atoms with Crippen LogP contribution in [0.3, 0.4) is 0 Å². The Balaban J connectivity index is 3.47. The van der Waals surface area contributed by atoms with Crippen LogP contribution in [0, 0.1) is 11.3 Å². The van der Waals surface area contributed by atoms with E-state index in [2.05, 4.69) is 0 Å². The third kappa shape index (κ3) is 9.34. The lowest BCUT2D eigenvalue weighted by Crippen LogP contribution is -2.20. The number of hydrogen-bond acceptors (Lipinski definition) is 3. The fraction of sp³-hybridized carbons (Fsp3) is 0.867. The molecule has 0 atom stereocenters. The van der Waals surface area contributed by atoms with E-state index >= 15 is 0 Å². The van der Waals surface area contributed by atoms with E-state index in [4.69, 9.17) is 4.74 Å². The van der Waals surface area contributed by atoms with Gasteiger partial charge in [0.15, 0.2) is 0 Å². The van der Waals surface area contributed by atoms with E-state index in [0.717, 1.165) is 6.42 Å². The van der Waals surface area contributed by atoms with Crippen LogP contribution < -0.4 is 0 Å². The summed E-state index contributed by atoms with van der Waals surface area (Å²) in [4.78, 5) is 23.0. The predicted molar refractivity (Wildman–Crippen MR) is 73.6 cm³/mol. The summed E-state index contributed by atoms with van der Waals surface area (Å²) >= 11 is 0. The minimum atomic E-state index is -0.257. The van der Waals surface area contributed by atoms with E-state index in [1.165, 1.54) is 0 Å². The highest BCUT2D eigenvalue weighted by Gasteiger charge is 2.19. The van der Waals surface area contributed by atoms with Gasteiger partial charge in [-0.2, -0.15) is 0 Å². The van der Waals surface area contributed by atoms with Crippen LogP contribution in [-0.4, -0.2) is 24.8 Å². The SMILES string of the molecule is CC(C)CC(=O)CCOCCCC(=O)C(C)(C)C. The Morgan fingerprint density at radius 2 is 1.67 bits per heavy atom. The second-order valence-electron chi connectivity index (χ2n) is 6.28. The van der Waals surface area contributed by atoms with Gasteiger partial charge in [0, 0.05) is 31.3 Å². The highest BCUT2D eigenvalue weighted by Crippen LogP contribution is 2.17. The molecule has 0 rings (SSSR count). The molecule has 0 saturated carbocycles. The van der Waals surface area contributed by atoms with E-state index in [1.807, 2.05) is 34.6 Å². The maximum atomic E-state index is 11.6. The molecule has 0 aromatic rings. The van der Waals surface area contributed by atoms with Crippen molar-refractivity contribution in [1.29, 1.82) is 0 Å². The Hall–Kier alpha value is -0.700. The number of carbonyl (C=O) groups is 2. The molecule has 0 aromatic heterocycles. The average Bonchev–Trinajstić information content (AvgIpc) is 2.20. The van der Waals surface area contributed by atoms with Crippen LogP contribution in [0.1, 0.15) is 60.3 Å². The van der Waals surface area contributed by atoms with Gasteiger partial charge in [0.2, 0.25) is 0 Å². The van der Waals surface area contributed by atoms with E-state index in [0.29, 0.717) is 38.4 Å². The number of ketones is 2. The largest absolute Gasteiger partial charge is 0.381 e. The normalized spacial score (nSPS) is 11.9. The zero-order valence-electron chi connectivity index (χ0n) is 12.5. The molecule has 18 heavy (non-hydrogen) atoms. The zero-order chi connectivity index (χ0) is 14.2. The van der Waals surface area contributed by atoms with Gasteiger partial charge < -0.3 is 4.74 Å². The lowest BCUT2D eigenvalue weighted by molar-refractivity contribution is -0.127. The number of ether oxygens (including phenoxy) is 1. The first-order chi connectivity index (χ1) is 8.23. The van der Waals surface area contributed by atoms with Crippen molar-refractivity contribution in [3.63, 3.8) is 0 Å². The second-order valence-corrected chi connectivity index (χ2v) is 6.28. The van der Waals surface area contributed by atoms with Crippen molar-refractivity contribution < 1.29 is 14.3 Å². The Morgan fingerprint density at radius 3 is 2.17 bits per heavy atom. The van der Waals surface area contributed by atoms with Crippen molar-refractivity contribution in [2.24, 2.45) is 11.3 Å². The summed E-state index contributed by atoms with van der Waals surface area (Å²) in [5, 5.41) is 0. The van der Waals surface area contributed by atoms with Gasteiger partial charge in [-0.1, -0.05) is 34.6 Å². The van der Waals surface area contributed by atoms with Crippen molar-refractivity contribution in [1.82, 2.24) is 0 Å². The topological polar surface area (TPSA) is 43.4 Å². The standard InChI is InChI=1S/C15H28O3/c1-12(2)11-13(16)8-10-18-9-6-7-14(17)15(3,4)5/h12H,6-11H2,1-5H3. The molecule has 0 saturated heterocycles. The minimum Gasteiger partial charge on any atom is -0.381 e. The Bertz CT molecular complexity index is 261. The van der Waals surface area contributed by atoms with Crippen LogP contribution in [-0.2, 0) is 14.3 Å². The molecule has 3 nitrogen and oxygen atoms in total. The molecule has 0 unspecified atom stereocenters. The summed E-state index contributed by atoms with van der Waals surface area (Å²) in [5.74, 6) is 0.944. The number of Topliss-reactive ketones (excluding diaryl/α,β-unsaturated/α-hetero) is 2. The van der Waals surface area contributed by atoms with Crippen molar-refractivity contribution in [2.45, 2.75) is 60.3 Å². The highest BCUT2D eigenvalue weighted by atomic mass is 16.5. The minimum absolute atomic E-state index is 0.257. The summed E-state index contributed by atoms with van der Waals surface area (Å²) in [6.45, 7) is 10.9. The van der Waals surface area contributed by atoms with E-state index < -0.39 is 0 Å². The van der Waals surface area contributed by atoms with Gasteiger partial charge in [0.1, 0.15) is 11.6 Å². The van der Waals surface area contributed by atoms with Crippen molar-refractivity contribution in [3.8, 4) is 0 Å². The molecule has 0 aliphatic rings. The van der Waals surface area contributed by atoms with Crippen LogP contribution in [0.4, 0.5) is 0 Å². The Kier molecular flexibility index (Phi) is 8.08. The summed E-state index contributed by atoms with van der Waals surface area (Å²) in [6.07, 6.45) is 2.43. The fourth-order valence-electron chi connectivity index (χ4n) is 1.56. The molecule has 0 N–H and O–H groups in total. The quantitative estimate of drug-likeness (QED) is 0.594. The van der Waals surface area contributed by atoms with E-state index in [9.17, 15) is 9.59 Å². The third-order valence-corrected chi connectivity index (χ3v) is 2.69. The zero-order valence-corrected chi connectivity index (χ0v) is 12.5. The monoisotopic (exact) mass is 256 g/mol. The van der Waals surface area contributed by atoms with E-state index in [1.54, 1.807) is 0 Å². The van der Waals surface area contributed by atoms with Gasteiger partial charge in [0.05, 0.1) is 6.61 Å². The van der Waals surface area contributed by atoms with Crippen LogP contribution in [0.15, 0.2) is 0 Å². The lowest BCUT2D eigenvalue weighted by atomic mass is 9.88. The lowest BCUT2D eigenvalue weighted by Gasteiger charge is -2.16. The van der Waals surface area contributed by atoms with E-state index in [-0.39, 0.29) is 17.0 Å². The van der Waals surface area contributed by atoms with Crippen molar-refractivity contribution >= 4 is 11.6 Å². The first-order valence-electron chi connectivity index (χ1n) is 6.86. The molecule has 0 aliphatic heterocycles. The van der Waals surface area contributed by atoms with Crippen LogP contribution in [0.2, 0.25) is 0 Å².